The lowest BCUT2D eigenvalue weighted by molar-refractivity contribution is 1.55. The van der Waals surface area contributed by atoms with Crippen molar-refractivity contribution in [3.63, 3.8) is 0 Å². The predicted molar refractivity (Wildman–Crippen MR) is 48.5 cm³/mol. The second-order valence-corrected chi connectivity index (χ2v) is 2.61. The molecule has 0 saturated carbocycles. The third-order valence-corrected chi connectivity index (χ3v) is 1.57. The highest BCUT2D eigenvalue weighted by atomic mass is 35.5. The second kappa shape index (κ2) is 3.46. The van der Waals surface area contributed by atoms with E-state index in [4.69, 9.17) is 11.6 Å². The highest BCUT2D eigenvalue weighted by Gasteiger charge is 1.94. The van der Waals surface area contributed by atoms with Gasteiger partial charge >= 0.3 is 0 Å². The molecule has 55 valence electrons. The molecule has 0 atom stereocenters. The van der Waals surface area contributed by atoms with Gasteiger partial charge in [-0.1, -0.05) is 23.6 Å². The van der Waals surface area contributed by atoms with E-state index in [0.717, 1.165) is 11.1 Å². The molecule has 0 aliphatic heterocycles. The number of halogens is 1. The van der Waals surface area contributed by atoms with Crippen molar-refractivity contribution in [3.05, 3.63) is 41.3 Å². The van der Waals surface area contributed by atoms with Crippen LogP contribution in [0.2, 0.25) is 5.02 Å². The molecular weight excluding hydrogens is 156 g/mol. The van der Waals surface area contributed by atoms with Crippen LogP contribution < -0.4 is 0 Å². The smallest absolute Gasteiger partial charge is 0.0418 e. The van der Waals surface area contributed by atoms with Gasteiger partial charge in [-0.25, -0.2) is 0 Å². The van der Waals surface area contributed by atoms with Crippen molar-refractivity contribution < 1.29 is 0 Å². The third kappa shape index (κ3) is 2.00. The maximum absolute atomic E-state index is 5.76. The van der Waals surface area contributed by atoms with Crippen LogP contribution in [0, 0.1) is 18.8 Å². The molecule has 1 radical (unpaired) electrons. The lowest BCUT2D eigenvalue weighted by Gasteiger charge is -1.96. The summed E-state index contributed by atoms with van der Waals surface area (Å²) in [5.41, 5.74) is 1.82. The van der Waals surface area contributed by atoms with Gasteiger partial charge in [-0.15, -0.1) is 5.92 Å². The minimum Gasteiger partial charge on any atom is -0.101 e. The zero-order chi connectivity index (χ0) is 8.27. The van der Waals surface area contributed by atoms with Crippen LogP contribution in [-0.4, -0.2) is 0 Å². The van der Waals surface area contributed by atoms with E-state index in [0.29, 0.717) is 5.02 Å². The van der Waals surface area contributed by atoms with E-state index in [2.05, 4.69) is 18.8 Å². The molecule has 0 heterocycles. The summed E-state index contributed by atoms with van der Waals surface area (Å²) in [5, 5.41) is 0.704. The van der Waals surface area contributed by atoms with Gasteiger partial charge in [-0.2, -0.15) is 0 Å². The first-order valence-electron chi connectivity index (χ1n) is 3.28. The summed E-state index contributed by atoms with van der Waals surface area (Å²) in [6.07, 6.45) is 0. The van der Waals surface area contributed by atoms with Gasteiger partial charge in [0, 0.05) is 10.6 Å². The molecule has 0 unspecified atom stereocenters. The predicted octanol–water partition coefficient (Wildman–Crippen LogP) is 2.89. The normalized spacial score (nSPS) is 8.64. The van der Waals surface area contributed by atoms with E-state index in [-0.39, 0.29) is 0 Å². The first-order valence-corrected chi connectivity index (χ1v) is 3.66. The summed E-state index contributed by atoms with van der Waals surface area (Å²) < 4.78 is 0. The maximum Gasteiger partial charge on any atom is 0.0418 e. The van der Waals surface area contributed by atoms with Gasteiger partial charge in [-0.05, 0) is 31.5 Å². The van der Waals surface area contributed by atoms with E-state index >= 15 is 0 Å². The molecule has 0 amide bonds. The van der Waals surface area contributed by atoms with E-state index in [1.807, 2.05) is 18.2 Å². The lowest BCUT2D eigenvalue weighted by Crippen LogP contribution is -1.80. The van der Waals surface area contributed by atoms with Crippen molar-refractivity contribution in [1.29, 1.82) is 0 Å². The Morgan fingerprint density at radius 1 is 1.45 bits per heavy atom. The largest absolute Gasteiger partial charge is 0.101 e. The Labute approximate surface area is 72.2 Å². The van der Waals surface area contributed by atoms with E-state index in [1.54, 1.807) is 6.92 Å². The van der Waals surface area contributed by atoms with Crippen LogP contribution >= 0.6 is 11.6 Å². The molecule has 1 aromatic carbocycles. The van der Waals surface area contributed by atoms with Crippen LogP contribution in [0.4, 0.5) is 0 Å². The molecule has 1 rings (SSSR count). The fourth-order valence-corrected chi connectivity index (χ4v) is 0.972. The van der Waals surface area contributed by atoms with Crippen molar-refractivity contribution in [1.82, 2.24) is 0 Å². The van der Waals surface area contributed by atoms with Crippen molar-refractivity contribution in [2.75, 3.05) is 0 Å². The zero-order valence-corrected chi connectivity index (χ0v) is 7.07. The molecule has 1 aromatic rings. The average Bonchev–Trinajstić information content (AvgIpc) is 1.98. The number of hydrogen-bond donors (Lipinski definition) is 0. The number of hydrogen-bond acceptors (Lipinski definition) is 0. The molecular formula is C10H8Cl. The van der Waals surface area contributed by atoms with Crippen LogP contribution in [0.5, 0.6) is 0 Å². The monoisotopic (exact) mass is 163 g/mol. The average molecular weight is 164 g/mol. The summed E-state index contributed by atoms with van der Waals surface area (Å²) >= 11 is 5.76. The maximum atomic E-state index is 5.76. The Balaban J connectivity index is 3.19. The van der Waals surface area contributed by atoms with Gasteiger partial charge in [0.05, 0.1) is 0 Å². The van der Waals surface area contributed by atoms with Gasteiger partial charge in [-0.3, -0.25) is 0 Å². The van der Waals surface area contributed by atoms with Crippen LogP contribution in [0.1, 0.15) is 18.1 Å². The standard InChI is InChI=1S/C10H8Cl/c1-3-4-9-7-10(11)6-5-8(9)2/h5-7H,2H2,1H3. The molecule has 0 saturated heterocycles. The Morgan fingerprint density at radius 2 is 2.18 bits per heavy atom. The summed E-state index contributed by atoms with van der Waals surface area (Å²) in [6, 6.07) is 5.49. The topological polar surface area (TPSA) is 0 Å². The lowest BCUT2D eigenvalue weighted by atomic mass is 10.1. The molecule has 0 N–H and O–H groups in total. The van der Waals surface area contributed by atoms with Gasteiger partial charge in [0.1, 0.15) is 0 Å². The number of benzene rings is 1. The Hall–Kier alpha value is -0.930. The molecule has 0 nitrogen and oxygen atoms in total. The minimum atomic E-state index is 0.704. The molecule has 1 heteroatoms. The Morgan fingerprint density at radius 3 is 2.82 bits per heavy atom. The highest BCUT2D eigenvalue weighted by molar-refractivity contribution is 6.30. The zero-order valence-electron chi connectivity index (χ0n) is 6.32. The van der Waals surface area contributed by atoms with Crippen LogP contribution in [-0.2, 0) is 0 Å². The summed E-state index contributed by atoms with van der Waals surface area (Å²) in [4.78, 5) is 0. The SMILES string of the molecule is [CH2]c1ccc(Cl)cc1C#CC. The van der Waals surface area contributed by atoms with Crippen molar-refractivity contribution in [3.8, 4) is 11.8 Å². The molecule has 0 fully saturated rings. The molecule has 0 bridgehead atoms. The van der Waals surface area contributed by atoms with Crippen LogP contribution in [0.3, 0.4) is 0 Å². The summed E-state index contributed by atoms with van der Waals surface area (Å²) in [5.74, 6) is 5.72. The second-order valence-electron chi connectivity index (χ2n) is 2.18. The van der Waals surface area contributed by atoms with Crippen molar-refractivity contribution in [2.45, 2.75) is 6.92 Å². The number of rotatable bonds is 0. The Bertz CT molecular complexity index is 315. The Kier molecular flexibility index (Phi) is 2.57. The van der Waals surface area contributed by atoms with Crippen LogP contribution in [0.25, 0.3) is 0 Å². The molecule has 0 aliphatic carbocycles. The van der Waals surface area contributed by atoms with Crippen LogP contribution in [0.15, 0.2) is 18.2 Å². The van der Waals surface area contributed by atoms with E-state index < -0.39 is 0 Å². The first-order chi connectivity index (χ1) is 5.24. The fraction of sp³-hybridized carbons (Fsp3) is 0.100. The van der Waals surface area contributed by atoms with E-state index in [9.17, 15) is 0 Å². The van der Waals surface area contributed by atoms with Crippen molar-refractivity contribution >= 4 is 11.6 Å². The van der Waals surface area contributed by atoms with E-state index in [1.165, 1.54) is 0 Å². The summed E-state index contributed by atoms with van der Waals surface area (Å²) in [6.45, 7) is 5.61. The first kappa shape index (κ1) is 8.17. The fourth-order valence-electron chi connectivity index (χ4n) is 0.800. The summed E-state index contributed by atoms with van der Waals surface area (Å²) in [7, 11) is 0. The van der Waals surface area contributed by atoms with Gasteiger partial charge < -0.3 is 0 Å². The molecule has 0 aromatic heterocycles. The minimum absolute atomic E-state index is 0.704. The van der Waals surface area contributed by atoms with Gasteiger partial charge in [0.15, 0.2) is 0 Å². The molecule has 11 heavy (non-hydrogen) atoms. The van der Waals surface area contributed by atoms with Gasteiger partial charge in [0.2, 0.25) is 0 Å². The van der Waals surface area contributed by atoms with Gasteiger partial charge in [0.25, 0.3) is 0 Å². The molecule has 0 spiro atoms. The molecule has 0 aliphatic rings. The van der Waals surface area contributed by atoms with Crippen molar-refractivity contribution in [2.24, 2.45) is 0 Å². The third-order valence-electron chi connectivity index (χ3n) is 1.33. The quantitative estimate of drug-likeness (QED) is 0.516. The highest BCUT2D eigenvalue weighted by Crippen LogP contribution is 2.13.